The normalized spacial score (nSPS) is 13.7. The van der Waals surface area contributed by atoms with Crippen LogP contribution in [-0.4, -0.2) is 16.3 Å². The zero-order chi connectivity index (χ0) is 11.7. The Morgan fingerprint density at radius 1 is 0.733 bits per heavy atom. The quantitative estimate of drug-likeness (QED) is 0.388. The van der Waals surface area contributed by atoms with E-state index in [1.54, 1.807) is 0 Å². The molecular formula is C14H29Al. The molecule has 0 saturated carbocycles. The molecule has 0 aliphatic carbocycles. The number of unbranched alkanes of at least 4 members (excludes halogenated alkanes) is 1. The largest absolute Gasteiger partial charge is 0.118 e. The van der Waals surface area contributed by atoms with Crippen molar-refractivity contribution in [2.45, 2.75) is 71.5 Å². The van der Waals surface area contributed by atoms with Crippen LogP contribution in [0.5, 0.6) is 0 Å². The van der Waals surface area contributed by atoms with Gasteiger partial charge in [0.15, 0.2) is 0 Å². The topological polar surface area (TPSA) is 0 Å². The third kappa shape index (κ3) is 10.8. The van der Waals surface area contributed by atoms with Gasteiger partial charge in [-0.3, -0.25) is 0 Å². The molecule has 0 saturated heterocycles. The fourth-order valence-electron chi connectivity index (χ4n) is 1.93. The predicted molar refractivity (Wildman–Crippen MR) is 71.4 cm³/mol. The smallest absolute Gasteiger partial charge is 0.115 e. The molecule has 0 aliphatic rings. The van der Waals surface area contributed by atoms with Gasteiger partial charge in [0.2, 0.25) is 0 Å². The van der Waals surface area contributed by atoms with Gasteiger partial charge < -0.3 is 0 Å². The Hall–Kier alpha value is 0.532. The predicted octanol–water partition coefficient (Wildman–Crippen LogP) is 4.84. The lowest BCUT2D eigenvalue weighted by atomic mass is 9.93. The second kappa shape index (κ2) is 9.74. The van der Waals surface area contributed by atoms with Crippen LogP contribution in [0.25, 0.3) is 0 Å². The average Bonchev–Trinajstić information content (AvgIpc) is 2.16. The Bertz CT molecular complexity index is 129. The molecule has 0 N–H and O–H groups in total. The summed E-state index contributed by atoms with van der Waals surface area (Å²) in [4.78, 5) is 0. The first-order chi connectivity index (χ1) is 7.06. The second-order valence-electron chi connectivity index (χ2n) is 5.75. The average molecular weight is 224 g/mol. The Balaban J connectivity index is 3.44. The molecule has 0 aliphatic heterocycles. The van der Waals surface area contributed by atoms with Crippen molar-refractivity contribution in [3.8, 4) is 0 Å². The maximum absolute atomic E-state index is 2.93. The SMILES string of the molecule is CC(C)CCCCC([CH2][Al])CCC(C)C. The summed E-state index contributed by atoms with van der Waals surface area (Å²) in [6.45, 7) is 9.31. The lowest BCUT2D eigenvalue weighted by molar-refractivity contribution is 0.404. The summed E-state index contributed by atoms with van der Waals surface area (Å²) in [6, 6.07) is 0. The second-order valence-corrected chi connectivity index (χ2v) is 6.22. The van der Waals surface area contributed by atoms with Gasteiger partial charge in [-0.1, -0.05) is 72.1 Å². The highest BCUT2D eigenvalue weighted by Gasteiger charge is 2.06. The molecule has 0 rings (SSSR count). The molecule has 15 heavy (non-hydrogen) atoms. The fraction of sp³-hybridized carbons (Fsp3) is 1.00. The fourth-order valence-corrected chi connectivity index (χ4v) is 2.41. The van der Waals surface area contributed by atoms with E-state index in [1.165, 1.54) is 43.8 Å². The van der Waals surface area contributed by atoms with Gasteiger partial charge in [-0.2, -0.15) is 0 Å². The van der Waals surface area contributed by atoms with Gasteiger partial charge in [0.1, 0.15) is 16.3 Å². The summed E-state index contributed by atoms with van der Waals surface area (Å²) >= 11 is 2.93. The lowest BCUT2D eigenvalue weighted by Gasteiger charge is -2.16. The molecule has 1 atom stereocenters. The molecule has 0 heterocycles. The first kappa shape index (κ1) is 15.5. The maximum Gasteiger partial charge on any atom is 0.118 e. The molecule has 88 valence electrons. The van der Waals surface area contributed by atoms with Crippen LogP contribution in [0.15, 0.2) is 0 Å². The van der Waals surface area contributed by atoms with Gasteiger partial charge >= 0.3 is 0 Å². The zero-order valence-electron chi connectivity index (χ0n) is 11.3. The van der Waals surface area contributed by atoms with E-state index in [2.05, 4.69) is 44.0 Å². The molecule has 0 fully saturated rings. The van der Waals surface area contributed by atoms with Crippen LogP contribution in [-0.2, 0) is 0 Å². The van der Waals surface area contributed by atoms with Crippen LogP contribution in [0.2, 0.25) is 5.28 Å². The van der Waals surface area contributed by atoms with Crippen LogP contribution >= 0.6 is 0 Å². The Morgan fingerprint density at radius 2 is 1.27 bits per heavy atom. The van der Waals surface area contributed by atoms with E-state index in [0.29, 0.717) is 0 Å². The van der Waals surface area contributed by atoms with Gasteiger partial charge in [0.05, 0.1) is 0 Å². The summed E-state index contributed by atoms with van der Waals surface area (Å²) in [5, 5.41) is 1.30. The Labute approximate surface area is 106 Å². The first-order valence-electron chi connectivity index (χ1n) is 6.76. The van der Waals surface area contributed by atoms with Crippen molar-refractivity contribution < 1.29 is 0 Å². The standard InChI is InChI=1S/C14H29.Al/c1-12(2)8-6-7-9-14(5)11-10-13(3)4;/h12-14H,5-11H2,1-4H3;. The molecule has 0 aromatic heterocycles. The Kier molecular flexibility index (Phi) is 10.1. The zero-order valence-corrected chi connectivity index (χ0v) is 12.4. The molecule has 0 amide bonds. The summed E-state index contributed by atoms with van der Waals surface area (Å²) in [6.07, 6.45) is 8.57. The third-order valence-electron chi connectivity index (χ3n) is 3.13. The van der Waals surface area contributed by atoms with Crippen LogP contribution in [0.3, 0.4) is 0 Å². The van der Waals surface area contributed by atoms with E-state index >= 15 is 0 Å². The van der Waals surface area contributed by atoms with Gasteiger partial charge in [0, 0.05) is 0 Å². The van der Waals surface area contributed by atoms with Gasteiger partial charge in [-0.05, 0) is 11.8 Å². The molecule has 0 bridgehead atoms. The van der Waals surface area contributed by atoms with Crippen molar-refractivity contribution in [1.29, 1.82) is 0 Å². The first-order valence-corrected chi connectivity index (χ1v) is 7.58. The summed E-state index contributed by atoms with van der Waals surface area (Å²) in [5.74, 6) is 2.72. The highest BCUT2D eigenvalue weighted by atomic mass is 27.0. The summed E-state index contributed by atoms with van der Waals surface area (Å²) in [5.41, 5.74) is 0. The highest BCUT2D eigenvalue weighted by Crippen LogP contribution is 2.21. The molecule has 1 unspecified atom stereocenters. The van der Waals surface area contributed by atoms with E-state index in [-0.39, 0.29) is 0 Å². The minimum Gasteiger partial charge on any atom is -0.115 e. The van der Waals surface area contributed by atoms with E-state index in [0.717, 1.165) is 17.8 Å². The van der Waals surface area contributed by atoms with Crippen molar-refractivity contribution >= 4 is 16.3 Å². The lowest BCUT2D eigenvalue weighted by Crippen LogP contribution is -2.02. The molecule has 0 aromatic rings. The number of hydrogen-bond donors (Lipinski definition) is 0. The maximum atomic E-state index is 2.93. The Morgan fingerprint density at radius 3 is 1.73 bits per heavy atom. The molecule has 0 nitrogen and oxygen atoms in total. The van der Waals surface area contributed by atoms with Crippen molar-refractivity contribution in [3.63, 3.8) is 0 Å². The number of rotatable bonds is 9. The minimum atomic E-state index is 0.875. The van der Waals surface area contributed by atoms with E-state index in [9.17, 15) is 0 Å². The molecule has 2 radical (unpaired) electrons. The van der Waals surface area contributed by atoms with Crippen molar-refractivity contribution in [1.82, 2.24) is 0 Å². The van der Waals surface area contributed by atoms with Crippen molar-refractivity contribution in [3.05, 3.63) is 0 Å². The van der Waals surface area contributed by atoms with Crippen molar-refractivity contribution in [2.75, 3.05) is 0 Å². The van der Waals surface area contributed by atoms with E-state index in [4.69, 9.17) is 0 Å². The van der Waals surface area contributed by atoms with Crippen LogP contribution < -0.4 is 0 Å². The van der Waals surface area contributed by atoms with Gasteiger partial charge in [-0.25, -0.2) is 0 Å². The molecular weight excluding hydrogens is 195 g/mol. The van der Waals surface area contributed by atoms with Crippen LogP contribution in [0.1, 0.15) is 66.2 Å². The molecule has 0 aromatic carbocycles. The molecule has 0 spiro atoms. The highest BCUT2D eigenvalue weighted by molar-refractivity contribution is 6.08. The molecule has 1 heteroatoms. The number of hydrogen-bond acceptors (Lipinski definition) is 0. The summed E-state index contributed by atoms with van der Waals surface area (Å²) in [7, 11) is 0. The van der Waals surface area contributed by atoms with E-state index < -0.39 is 0 Å². The van der Waals surface area contributed by atoms with E-state index in [1.807, 2.05) is 0 Å². The monoisotopic (exact) mass is 224 g/mol. The van der Waals surface area contributed by atoms with Gasteiger partial charge in [0.25, 0.3) is 0 Å². The van der Waals surface area contributed by atoms with Crippen LogP contribution in [0, 0.1) is 17.8 Å². The van der Waals surface area contributed by atoms with Crippen LogP contribution in [0.4, 0.5) is 0 Å². The van der Waals surface area contributed by atoms with Crippen molar-refractivity contribution in [2.24, 2.45) is 17.8 Å². The third-order valence-corrected chi connectivity index (χ3v) is 3.80. The summed E-state index contributed by atoms with van der Waals surface area (Å²) < 4.78 is 0. The minimum absolute atomic E-state index is 0.875. The van der Waals surface area contributed by atoms with Gasteiger partial charge in [-0.15, -0.1) is 5.28 Å².